The molecule has 2 heterocycles. The van der Waals surface area contributed by atoms with Crippen molar-refractivity contribution in [1.82, 2.24) is 4.98 Å². The van der Waals surface area contributed by atoms with Crippen LogP contribution in [0.5, 0.6) is 0 Å². The van der Waals surface area contributed by atoms with Crippen LogP contribution in [0.15, 0.2) is 80.4 Å². The van der Waals surface area contributed by atoms with Gasteiger partial charge in [0.2, 0.25) is 26.6 Å². The van der Waals surface area contributed by atoms with Crippen molar-refractivity contribution >= 4 is 44.3 Å². The zero-order valence-corrected chi connectivity index (χ0v) is 16.5. The third-order valence-corrected chi connectivity index (χ3v) is 6.60. The molecule has 4 aromatic rings. The monoisotopic (exact) mass is 434 g/mol. The lowest BCUT2D eigenvalue weighted by Crippen LogP contribution is -2.05. The van der Waals surface area contributed by atoms with Crippen LogP contribution in [0.25, 0.3) is 10.8 Å². The molecule has 2 aromatic heterocycles. The Morgan fingerprint density at radius 1 is 1.04 bits per heavy atom. The maximum atomic E-state index is 13.2. The normalized spacial score (nSPS) is 11.5. The molecule has 142 valence electrons. The van der Waals surface area contributed by atoms with Gasteiger partial charge in [-0.1, -0.05) is 17.7 Å². The van der Waals surface area contributed by atoms with Crippen LogP contribution in [-0.2, 0) is 9.84 Å². The van der Waals surface area contributed by atoms with E-state index in [0.717, 1.165) is 12.1 Å². The van der Waals surface area contributed by atoms with Crippen LogP contribution < -0.4 is 5.32 Å². The second-order valence-corrected chi connectivity index (χ2v) is 8.97. The molecule has 0 radical (unpaired) electrons. The molecule has 4 rings (SSSR count). The van der Waals surface area contributed by atoms with Crippen LogP contribution in [0.2, 0.25) is 5.02 Å². The zero-order chi connectivity index (χ0) is 19.7. The topological polar surface area (TPSA) is 72.2 Å². The fraction of sp³-hybridized carbons (Fsp3) is 0. The molecule has 0 atom stereocenters. The number of nitrogens with zero attached hydrogens (tertiary/aromatic N) is 1. The summed E-state index contributed by atoms with van der Waals surface area (Å²) in [5, 5.41) is 5.03. The van der Waals surface area contributed by atoms with Crippen molar-refractivity contribution in [2.24, 2.45) is 0 Å². The largest absolute Gasteiger partial charge is 0.418 e. The van der Waals surface area contributed by atoms with Gasteiger partial charge in [-0.25, -0.2) is 12.8 Å². The molecule has 0 bridgehead atoms. The first-order valence-corrected chi connectivity index (χ1v) is 10.8. The number of nitrogens with one attached hydrogen (secondary N) is 1. The molecule has 0 fully saturated rings. The molecule has 1 N–H and O–H groups in total. The summed E-state index contributed by atoms with van der Waals surface area (Å²) in [4.78, 5) is 4.81. The van der Waals surface area contributed by atoms with Gasteiger partial charge < -0.3 is 9.73 Å². The molecule has 0 aliphatic rings. The van der Waals surface area contributed by atoms with Crippen molar-refractivity contribution in [2.75, 3.05) is 5.32 Å². The standard InChI is InChI=1S/C19H12ClFN2O3S2/c20-12-3-7-14(8-4-12)22-18-19(23-17(26-18)16-2-1-11-27-16)28(24,25)15-9-5-13(21)6-10-15/h1-11,22H. The molecule has 0 saturated heterocycles. The maximum Gasteiger partial charge on any atom is 0.240 e. The predicted octanol–water partition coefficient (Wildman–Crippen LogP) is 5.77. The lowest BCUT2D eigenvalue weighted by atomic mass is 10.3. The lowest BCUT2D eigenvalue weighted by molar-refractivity contribution is 0.582. The minimum Gasteiger partial charge on any atom is -0.418 e. The Hall–Kier alpha value is -2.68. The summed E-state index contributed by atoms with van der Waals surface area (Å²) < 4.78 is 45.1. The van der Waals surface area contributed by atoms with Crippen molar-refractivity contribution < 1.29 is 17.2 Å². The number of oxazole rings is 1. The Morgan fingerprint density at radius 3 is 2.39 bits per heavy atom. The maximum absolute atomic E-state index is 13.2. The summed E-state index contributed by atoms with van der Waals surface area (Å²) >= 11 is 7.26. The summed E-state index contributed by atoms with van der Waals surface area (Å²) in [6, 6.07) is 14.8. The number of sulfone groups is 1. The fourth-order valence-electron chi connectivity index (χ4n) is 2.46. The number of benzene rings is 2. The summed E-state index contributed by atoms with van der Waals surface area (Å²) in [5.41, 5.74) is 0.578. The van der Waals surface area contributed by atoms with E-state index in [0.29, 0.717) is 15.6 Å². The van der Waals surface area contributed by atoms with Crippen molar-refractivity contribution in [2.45, 2.75) is 9.92 Å². The van der Waals surface area contributed by atoms with E-state index in [-0.39, 0.29) is 21.7 Å². The number of thiophene rings is 1. The molecule has 0 aliphatic carbocycles. The van der Waals surface area contributed by atoms with E-state index in [1.807, 2.05) is 11.4 Å². The van der Waals surface area contributed by atoms with Crippen LogP contribution in [-0.4, -0.2) is 13.4 Å². The van der Waals surface area contributed by atoms with Gasteiger partial charge in [-0.05, 0) is 60.0 Å². The Bertz CT molecular complexity index is 1200. The minimum absolute atomic E-state index is 0.0324. The number of hydrogen-bond donors (Lipinski definition) is 1. The molecule has 9 heteroatoms. The van der Waals surface area contributed by atoms with Gasteiger partial charge in [-0.3, -0.25) is 0 Å². The zero-order valence-electron chi connectivity index (χ0n) is 14.1. The number of aromatic nitrogens is 1. The van der Waals surface area contributed by atoms with Crippen LogP contribution in [0, 0.1) is 5.82 Å². The van der Waals surface area contributed by atoms with Gasteiger partial charge >= 0.3 is 0 Å². The lowest BCUT2D eigenvalue weighted by Gasteiger charge is -2.06. The molecule has 0 saturated carbocycles. The number of rotatable bonds is 5. The van der Waals surface area contributed by atoms with E-state index >= 15 is 0 Å². The van der Waals surface area contributed by atoms with Crippen LogP contribution in [0.4, 0.5) is 16.0 Å². The number of halogens is 2. The highest BCUT2D eigenvalue weighted by Crippen LogP contribution is 2.35. The molecule has 0 amide bonds. The SMILES string of the molecule is O=S(=O)(c1ccc(F)cc1)c1nc(-c2cccs2)oc1Nc1ccc(Cl)cc1. The van der Waals surface area contributed by atoms with Gasteiger partial charge in [-0.15, -0.1) is 11.3 Å². The van der Waals surface area contributed by atoms with Crippen molar-refractivity contribution in [3.63, 3.8) is 0 Å². The van der Waals surface area contributed by atoms with E-state index in [4.69, 9.17) is 16.0 Å². The van der Waals surface area contributed by atoms with Gasteiger partial charge in [0, 0.05) is 10.7 Å². The molecular weight excluding hydrogens is 423 g/mol. The third kappa shape index (κ3) is 3.66. The van der Waals surface area contributed by atoms with E-state index < -0.39 is 15.7 Å². The van der Waals surface area contributed by atoms with Crippen LogP contribution in [0.3, 0.4) is 0 Å². The average Bonchev–Trinajstić information content (AvgIpc) is 3.34. The number of hydrogen-bond acceptors (Lipinski definition) is 6. The summed E-state index contributed by atoms with van der Waals surface area (Å²) in [6.07, 6.45) is 0. The molecule has 0 spiro atoms. The predicted molar refractivity (Wildman–Crippen MR) is 106 cm³/mol. The van der Waals surface area contributed by atoms with Gasteiger partial charge in [0.1, 0.15) is 5.82 Å². The molecule has 0 aliphatic heterocycles. The Balaban J connectivity index is 1.82. The second-order valence-electron chi connectivity index (χ2n) is 5.72. The first-order chi connectivity index (χ1) is 13.4. The molecule has 2 aromatic carbocycles. The first kappa shape index (κ1) is 18.7. The Labute approximate surface area is 169 Å². The molecule has 28 heavy (non-hydrogen) atoms. The van der Waals surface area contributed by atoms with Crippen LogP contribution in [0.1, 0.15) is 0 Å². The molecular formula is C19H12ClFN2O3S2. The van der Waals surface area contributed by atoms with E-state index in [1.54, 1.807) is 30.3 Å². The third-order valence-electron chi connectivity index (χ3n) is 3.81. The van der Waals surface area contributed by atoms with Crippen molar-refractivity contribution in [3.8, 4) is 10.8 Å². The summed E-state index contributed by atoms with van der Waals surface area (Å²) in [5.74, 6) is -0.389. The Morgan fingerprint density at radius 2 is 1.75 bits per heavy atom. The quantitative estimate of drug-likeness (QED) is 0.403. The number of anilines is 2. The Kier molecular flexibility index (Phi) is 4.92. The summed E-state index contributed by atoms with van der Waals surface area (Å²) in [7, 11) is -4.04. The fourth-order valence-corrected chi connectivity index (χ4v) is 4.50. The molecule has 0 unspecified atom stereocenters. The first-order valence-electron chi connectivity index (χ1n) is 8.01. The van der Waals surface area contributed by atoms with Gasteiger partial charge in [-0.2, -0.15) is 4.98 Å². The highest BCUT2D eigenvalue weighted by Gasteiger charge is 2.29. The van der Waals surface area contributed by atoms with E-state index in [2.05, 4.69) is 10.3 Å². The summed E-state index contributed by atoms with van der Waals surface area (Å²) in [6.45, 7) is 0. The molecule has 5 nitrogen and oxygen atoms in total. The van der Waals surface area contributed by atoms with Crippen LogP contribution >= 0.6 is 22.9 Å². The highest BCUT2D eigenvalue weighted by molar-refractivity contribution is 7.91. The van der Waals surface area contributed by atoms with Crippen molar-refractivity contribution in [3.05, 3.63) is 76.9 Å². The van der Waals surface area contributed by atoms with E-state index in [1.165, 1.54) is 23.5 Å². The smallest absolute Gasteiger partial charge is 0.240 e. The van der Waals surface area contributed by atoms with Crippen molar-refractivity contribution in [1.29, 1.82) is 0 Å². The van der Waals surface area contributed by atoms with Gasteiger partial charge in [0.15, 0.2) is 0 Å². The highest BCUT2D eigenvalue weighted by atomic mass is 35.5. The van der Waals surface area contributed by atoms with Gasteiger partial charge in [0.25, 0.3) is 0 Å². The van der Waals surface area contributed by atoms with E-state index in [9.17, 15) is 12.8 Å². The minimum atomic E-state index is -4.04. The average molecular weight is 435 g/mol. The second kappa shape index (κ2) is 7.38. The van der Waals surface area contributed by atoms with Gasteiger partial charge in [0.05, 0.1) is 9.77 Å².